The SMILES string of the molecule is CCO/C=C1/C(=O)N(c2ccc(OC)c(OC)c2)C(=O)c2ccccc21. The van der Waals surface area contributed by atoms with E-state index in [4.69, 9.17) is 14.2 Å². The second-order valence-corrected chi connectivity index (χ2v) is 5.52. The molecular weight excluding hydrogens is 334 g/mol. The van der Waals surface area contributed by atoms with Crippen LogP contribution in [0.15, 0.2) is 48.7 Å². The number of amides is 2. The van der Waals surface area contributed by atoms with Crippen molar-refractivity contribution >= 4 is 23.1 Å². The predicted octanol–water partition coefficient (Wildman–Crippen LogP) is 3.27. The molecule has 0 saturated heterocycles. The number of anilines is 1. The maximum absolute atomic E-state index is 13.0. The van der Waals surface area contributed by atoms with Crippen molar-refractivity contribution in [1.29, 1.82) is 0 Å². The lowest BCUT2D eigenvalue weighted by atomic mass is 9.94. The number of carbonyl (C=O) groups is 2. The summed E-state index contributed by atoms with van der Waals surface area (Å²) in [5.41, 5.74) is 1.73. The molecule has 2 amide bonds. The molecule has 0 spiro atoms. The first-order chi connectivity index (χ1) is 12.6. The van der Waals surface area contributed by atoms with E-state index < -0.39 is 11.8 Å². The Hall–Kier alpha value is -3.28. The highest BCUT2D eigenvalue weighted by atomic mass is 16.5. The highest BCUT2D eigenvalue weighted by molar-refractivity contribution is 6.40. The van der Waals surface area contributed by atoms with Crippen molar-refractivity contribution in [1.82, 2.24) is 0 Å². The molecule has 0 fully saturated rings. The van der Waals surface area contributed by atoms with Gasteiger partial charge in [-0.3, -0.25) is 9.59 Å². The van der Waals surface area contributed by atoms with E-state index in [1.54, 1.807) is 42.5 Å². The first-order valence-electron chi connectivity index (χ1n) is 8.14. The Balaban J connectivity index is 2.14. The lowest BCUT2D eigenvalue weighted by Gasteiger charge is -2.28. The summed E-state index contributed by atoms with van der Waals surface area (Å²) in [5.74, 6) is 0.0966. The van der Waals surface area contributed by atoms with Gasteiger partial charge in [-0.05, 0) is 25.1 Å². The topological polar surface area (TPSA) is 65.1 Å². The number of imide groups is 1. The average molecular weight is 353 g/mol. The molecule has 0 unspecified atom stereocenters. The third-order valence-corrected chi connectivity index (χ3v) is 4.08. The monoisotopic (exact) mass is 353 g/mol. The van der Waals surface area contributed by atoms with Crippen molar-refractivity contribution in [2.45, 2.75) is 6.92 Å². The van der Waals surface area contributed by atoms with Crippen LogP contribution in [0.4, 0.5) is 5.69 Å². The standard InChI is InChI=1S/C20H19NO5/c1-4-26-12-16-14-7-5-6-8-15(14)19(22)21(20(16)23)13-9-10-17(24-2)18(11-13)25-3/h5-12H,4H2,1-3H3/b16-12+. The molecule has 0 radical (unpaired) electrons. The van der Waals surface area contributed by atoms with Crippen molar-refractivity contribution in [2.24, 2.45) is 0 Å². The third-order valence-electron chi connectivity index (χ3n) is 4.08. The Morgan fingerprint density at radius 1 is 0.923 bits per heavy atom. The molecule has 3 rings (SSSR count). The van der Waals surface area contributed by atoms with Gasteiger partial charge in [-0.25, -0.2) is 4.90 Å². The molecule has 6 heteroatoms. The fourth-order valence-corrected chi connectivity index (χ4v) is 2.83. The van der Waals surface area contributed by atoms with Crippen LogP contribution >= 0.6 is 0 Å². The van der Waals surface area contributed by atoms with Gasteiger partial charge in [0.2, 0.25) is 0 Å². The second kappa shape index (κ2) is 7.31. The highest BCUT2D eigenvalue weighted by Crippen LogP contribution is 2.36. The van der Waals surface area contributed by atoms with E-state index in [0.717, 1.165) is 4.90 Å². The van der Waals surface area contributed by atoms with E-state index >= 15 is 0 Å². The zero-order chi connectivity index (χ0) is 18.7. The van der Waals surface area contributed by atoms with Crippen molar-refractivity contribution in [2.75, 3.05) is 25.7 Å². The molecule has 1 heterocycles. The van der Waals surface area contributed by atoms with Gasteiger partial charge in [0, 0.05) is 17.2 Å². The van der Waals surface area contributed by atoms with Crippen LogP contribution in [0, 0.1) is 0 Å². The number of benzene rings is 2. The van der Waals surface area contributed by atoms with E-state index in [1.165, 1.54) is 20.5 Å². The number of methoxy groups -OCH3 is 2. The zero-order valence-corrected chi connectivity index (χ0v) is 14.8. The van der Waals surface area contributed by atoms with Crippen LogP contribution in [0.3, 0.4) is 0 Å². The van der Waals surface area contributed by atoms with Gasteiger partial charge in [-0.2, -0.15) is 0 Å². The molecule has 2 aromatic carbocycles. The quantitative estimate of drug-likeness (QED) is 0.469. The minimum Gasteiger partial charge on any atom is -0.501 e. The molecule has 0 N–H and O–H groups in total. The van der Waals surface area contributed by atoms with Gasteiger partial charge in [0.15, 0.2) is 11.5 Å². The molecule has 1 aliphatic rings. The van der Waals surface area contributed by atoms with Crippen molar-refractivity contribution in [3.05, 3.63) is 59.9 Å². The Kier molecular flexibility index (Phi) is 4.93. The smallest absolute Gasteiger partial charge is 0.269 e. The number of hydrogen-bond acceptors (Lipinski definition) is 5. The maximum Gasteiger partial charge on any atom is 0.269 e. The Morgan fingerprint density at radius 2 is 1.62 bits per heavy atom. The fraction of sp³-hybridized carbons (Fsp3) is 0.200. The van der Waals surface area contributed by atoms with Gasteiger partial charge in [0.25, 0.3) is 11.8 Å². The van der Waals surface area contributed by atoms with Gasteiger partial charge < -0.3 is 14.2 Å². The summed E-state index contributed by atoms with van der Waals surface area (Å²) in [4.78, 5) is 27.1. The molecule has 2 aromatic rings. The van der Waals surface area contributed by atoms with Crippen LogP contribution in [-0.4, -0.2) is 32.6 Å². The highest BCUT2D eigenvalue weighted by Gasteiger charge is 2.36. The predicted molar refractivity (Wildman–Crippen MR) is 97.4 cm³/mol. The summed E-state index contributed by atoms with van der Waals surface area (Å²) >= 11 is 0. The zero-order valence-electron chi connectivity index (χ0n) is 14.8. The maximum atomic E-state index is 13.0. The van der Waals surface area contributed by atoms with Gasteiger partial charge >= 0.3 is 0 Å². The summed E-state index contributed by atoms with van der Waals surface area (Å²) in [6, 6.07) is 11.9. The minimum absolute atomic E-state index is 0.330. The van der Waals surface area contributed by atoms with Gasteiger partial charge in [-0.1, -0.05) is 18.2 Å². The van der Waals surface area contributed by atoms with E-state index in [1.807, 2.05) is 6.92 Å². The van der Waals surface area contributed by atoms with Crippen LogP contribution in [-0.2, 0) is 9.53 Å². The summed E-state index contributed by atoms with van der Waals surface area (Å²) in [6.45, 7) is 2.25. The fourth-order valence-electron chi connectivity index (χ4n) is 2.83. The van der Waals surface area contributed by atoms with Crippen molar-refractivity contribution < 1.29 is 23.8 Å². The van der Waals surface area contributed by atoms with Crippen LogP contribution < -0.4 is 14.4 Å². The Morgan fingerprint density at radius 3 is 2.27 bits per heavy atom. The largest absolute Gasteiger partial charge is 0.501 e. The molecule has 6 nitrogen and oxygen atoms in total. The second-order valence-electron chi connectivity index (χ2n) is 5.52. The number of nitrogens with zero attached hydrogens (tertiary/aromatic N) is 1. The molecule has 134 valence electrons. The van der Waals surface area contributed by atoms with Gasteiger partial charge in [0.1, 0.15) is 0 Å². The van der Waals surface area contributed by atoms with E-state index in [-0.39, 0.29) is 0 Å². The van der Waals surface area contributed by atoms with Crippen LogP contribution in [0.25, 0.3) is 5.57 Å². The lowest BCUT2D eigenvalue weighted by molar-refractivity contribution is -0.113. The third kappa shape index (κ3) is 2.90. The van der Waals surface area contributed by atoms with Crippen LogP contribution in [0.5, 0.6) is 11.5 Å². The van der Waals surface area contributed by atoms with Gasteiger partial charge in [-0.15, -0.1) is 0 Å². The number of rotatable bonds is 5. The number of hydrogen-bond donors (Lipinski definition) is 0. The average Bonchev–Trinajstić information content (AvgIpc) is 2.68. The summed E-state index contributed by atoms with van der Waals surface area (Å²) in [5, 5.41) is 0. The minimum atomic E-state index is -0.450. The number of fused-ring (bicyclic) bond motifs is 1. The van der Waals surface area contributed by atoms with Crippen LogP contribution in [0.1, 0.15) is 22.8 Å². The summed E-state index contributed by atoms with van der Waals surface area (Å²) < 4.78 is 15.8. The summed E-state index contributed by atoms with van der Waals surface area (Å²) in [6.07, 6.45) is 1.40. The molecule has 0 bridgehead atoms. The molecular formula is C20H19NO5. The Bertz CT molecular complexity index is 888. The first kappa shape index (κ1) is 17.5. The van der Waals surface area contributed by atoms with E-state index in [2.05, 4.69) is 0 Å². The normalized spacial score (nSPS) is 15.0. The first-order valence-corrected chi connectivity index (χ1v) is 8.14. The molecule has 0 aromatic heterocycles. The summed E-state index contributed by atoms with van der Waals surface area (Å²) in [7, 11) is 3.02. The van der Waals surface area contributed by atoms with Crippen LogP contribution in [0.2, 0.25) is 0 Å². The molecule has 0 aliphatic carbocycles. The Labute approximate surface area is 151 Å². The molecule has 1 aliphatic heterocycles. The number of carbonyl (C=O) groups excluding carboxylic acids is 2. The molecule has 0 saturated carbocycles. The van der Waals surface area contributed by atoms with Crippen molar-refractivity contribution in [3.63, 3.8) is 0 Å². The van der Waals surface area contributed by atoms with Gasteiger partial charge in [0.05, 0.1) is 38.3 Å². The van der Waals surface area contributed by atoms with E-state index in [9.17, 15) is 9.59 Å². The van der Waals surface area contributed by atoms with E-state index in [0.29, 0.717) is 40.5 Å². The molecule has 0 atom stereocenters. The van der Waals surface area contributed by atoms with Crippen molar-refractivity contribution in [3.8, 4) is 11.5 Å². The lowest BCUT2D eigenvalue weighted by Crippen LogP contribution is -2.41. The number of ether oxygens (including phenoxy) is 3. The molecule has 26 heavy (non-hydrogen) atoms.